The summed E-state index contributed by atoms with van der Waals surface area (Å²) in [6.07, 6.45) is 0.122. The van der Waals surface area contributed by atoms with Gasteiger partial charge in [0.15, 0.2) is 0 Å². The molecular formula is C16H15F2NO. The third-order valence-corrected chi connectivity index (χ3v) is 3.14. The summed E-state index contributed by atoms with van der Waals surface area (Å²) in [4.78, 5) is 11.8. The molecule has 0 unspecified atom stereocenters. The predicted octanol–water partition coefficient (Wildman–Crippen LogP) is 3.76. The fourth-order valence-electron chi connectivity index (χ4n) is 1.89. The zero-order chi connectivity index (χ0) is 14.7. The monoisotopic (exact) mass is 275 g/mol. The van der Waals surface area contributed by atoms with Crippen LogP contribution in [0, 0.1) is 25.5 Å². The number of nitrogens with one attached hydrogen (secondary N) is 1. The number of amides is 1. The topological polar surface area (TPSA) is 29.1 Å². The van der Waals surface area contributed by atoms with E-state index in [0.717, 1.165) is 34.9 Å². The van der Waals surface area contributed by atoms with Crippen LogP contribution >= 0.6 is 0 Å². The first kappa shape index (κ1) is 14.2. The number of rotatable bonds is 3. The highest BCUT2D eigenvalue weighted by molar-refractivity contribution is 5.92. The fourth-order valence-corrected chi connectivity index (χ4v) is 1.89. The van der Waals surface area contributed by atoms with Crippen molar-refractivity contribution < 1.29 is 13.6 Å². The number of halogens is 2. The van der Waals surface area contributed by atoms with Crippen LogP contribution in [-0.2, 0) is 11.2 Å². The normalized spacial score (nSPS) is 10.4. The Morgan fingerprint density at radius 3 is 2.50 bits per heavy atom. The maximum Gasteiger partial charge on any atom is 0.228 e. The van der Waals surface area contributed by atoms with Crippen LogP contribution in [0.15, 0.2) is 36.4 Å². The summed E-state index contributed by atoms with van der Waals surface area (Å²) < 4.78 is 26.4. The Bertz CT molecular complexity index is 653. The third-order valence-electron chi connectivity index (χ3n) is 3.14. The lowest BCUT2D eigenvalue weighted by Crippen LogP contribution is -2.15. The molecule has 0 atom stereocenters. The van der Waals surface area contributed by atoms with Crippen molar-refractivity contribution in [2.45, 2.75) is 20.3 Å². The van der Waals surface area contributed by atoms with E-state index in [0.29, 0.717) is 0 Å². The van der Waals surface area contributed by atoms with Gasteiger partial charge in [-0.05, 0) is 42.7 Å². The highest BCUT2D eigenvalue weighted by Crippen LogP contribution is 2.16. The van der Waals surface area contributed by atoms with E-state index in [-0.39, 0.29) is 18.0 Å². The van der Waals surface area contributed by atoms with E-state index < -0.39 is 11.6 Å². The van der Waals surface area contributed by atoms with Gasteiger partial charge in [-0.1, -0.05) is 18.2 Å². The van der Waals surface area contributed by atoms with Crippen molar-refractivity contribution in [2.75, 3.05) is 5.32 Å². The standard InChI is InChI=1S/C16H15F2NO/c1-10-3-4-12(7-11(10)2)8-16(20)19-15-9-13(17)5-6-14(15)18/h3-7,9H,8H2,1-2H3,(H,19,20). The number of hydrogen-bond donors (Lipinski definition) is 1. The third kappa shape index (κ3) is 3.41. The fraction of sp³-hybridized carbons (Fsp3) is 0.188. The Morgan fingerprint density at radius 2 is 1.80 bits per heavy atom. The van der Waals surface area contributed by atoms with Crippen LogP contribution in [-0.4, -0.2) is 5.91 Å². The molecule has 0 aliphatic heterocycles. The second-order valence-corrected chi connectivity index (χ2v) is 4.77. The van der Waals surface area contributed by atoms with Crippen LogP contribution in [0.3, 0.4) is 0 Å². The molecule has 2 aromatic carbocycles. The van der Waals surface area contributed by atoms with E-state index >= 15 is 0 Å². The van der Waals surface area contributed by atoms with Crippen molar-refractivity contribution in [2.24, 2.45) is 0 Å². The molecule has 1 N–H and O–H groups in total. The van der Waals surface area contributed by atoms with Crippen molar-refractivity contribution in [1.82, 2.24) is 0 Å². The van der Waals surface area contributed by atoms with Gasteiger partial charge in [0.25, 0.3) is 0 Å². The Kier molecular flexibility index (Phi) is 4.13. The van der Waals surface area contributed by atoms with E-state index in [1.807, 2.05) is 32.0 Å². The second kappa shape index (κ2) is 5.82. The number of benzene rings is 2. The highest BCUT2D eigenvalue weighted by atomic mass is 19.1. The molecule has 0 radical (unpaired) electrons. The first-order valence-corrected chi connectivity index (χ1v) is 6.27. The van der Waals surface area contributed by atoms with Gasteiger partial charge in [-0.2, -0.15) is 0 Å². The molecule has 4 heteroatoms. The molecule has 0 spiro atoms. The summed E-state index contributed by atoms with van der Waals surface area (Å²) in [6, 6.07) is 8.66. The second-order valence-electron chi connectivity index (χ2n) is 4.77. The van der Waals surface area contributed by atoms with Gasteiger partial charge in [-0.3, -0.25) is 4.79 Å². The molecule has 0 heterocycles. The molecule has 0 aliphatic rings. The molecule has 2 rings (SSSR count). The van der Waals surface area contributed by atoms with Gasteiger partial charge in [0, 0.05) is 6.07 Å². The van der Waals surface area contributed by atoms with Gasteiger partial charge in [-0.15, -0.1) is 0 Å². The van der Waals surface area contributed by atoms with E-state index in [2.05, 4.69) is 5.32 Å². The van der Waals surface area contributed by atoms with Gasteiger partial charge in [0.05, 0.1) is 12.1 Å². The molecule has 104 valence electrons. The summed E-state index contributed by atoms with van der Waals surface area (Å²) in [6.45, 7) is 3.95. The SMILES string of the molecule is Cc1ccc(CC(=O)Nc2cc(F)ccc2F)cc1C. The van der Waals surface area contributed by atoms with Gasteiger partial charge in [0.2, 0.25) is 5.91 Å². The lowest BCUT2D eigenvalue weighted by Gasteiger charge is -2.08. The maximum absolute atomic E-state index is 13.4. The summed E-state index contributed by atoms with van der Waals surface area (Å²) in [7, 11) is 0. The Balaban J connectivity index is 2.09. The highest BCUT2D eigenvalue weighted by Gasteiger charge is 2.09. The number of carbonyl (C=O) groups excluding carboxylic acids is 1. The summed E-state index contributed by atoms with van der Waals surface area (Å²) in [5.41, 5.74) is 2.93. The van der Waals surface area contributed by atoms with Crippen molar-refractivity contribution >= 4 is 11.6 Å². The van der Waals surface area contributed by atoms with Gasteiger partial charge in [-0.25, -0.2) is 8.78 Å². The largest absolute Gasteiger partial charge is 0.323 e. The Labute approximate surface area is 116 Å². The Hall–Kier alpha value is -2.23. The molecule has 1 amide bonds. The molecule has 2 aromatic rings. The first-order chi connectivity index (χ1) is 9.45. The number of aryl methyl sites for hydroxylation is 2. The molecule has 0 saturated heterocycles. The average Bonchev–Trinajstić information content (AvgIpc) is 2.38. The minimum atomic E-state index is -0.653. The van der Waals surface area contributed by atoms with E-state index in [9.17, 15) is 13.6 Å². The van der Waals surface area contributed by atoms with Gasteiger partial charge < -0.3 is 5.32 Å². The summed E-state index contributed by atoms with van der Waals surface area (Å²) in [5, 5.41) is 2.38. The first-order valence-electron chi connectivity index (χ1n) is 6.27. The maximum atomic E-state index is 13.4. The van der Waals surface area contributed by atoms with Gasteiger partial charge >= 0.3 is 0 Å². The minimum absolute atomic E-state index is 0.122. The van der Waals surface area contributed by atoms with Crippen LogP contribution < -0.4 is 5.32 Å². The van der Waals surface area contributed by atoms with Crippen LogP contribution in [0.2, 0.25) is 0 Å². The van der Waals surface area contributed by atoms with Crippen molar-refractivity contribution in [3.05, 3.63) is 64.7 Å². The summed E-state index contributed by atoms with van der Waals surface area (Å²) >= 11 is 0. The van der Waals surface area contributed by atoms with Crippen LogP contribution in [0.1, 0.15) is 16.7 Å². The predicted molar refractivity (Wildman–Crippen MR) is 74.6 cm³/mol. The smallest absolute Gasteiger partial charge is 0.228 e. The number of anilines is 1. The van der Waals surface area contributed by atoms with Crippen LogP contribution in [0.25, 0.3) is 0 Å². The zero-order valence-electron chi connectivity index (χ0n) is 11.3. The van der Waals surface area contributed by atoms with Crippen molar-refractivity contribution in [3.63, 3.8) is 0 Å². The summed E-state index contributed by atoms with van der Waals surface area (Å²) in [5.74, 6) is -1.62. The molecular weight excluding hydrogens is 260 g/mol. The molecule has 0 aliphatic carbocycles. The molecule has 20 heavy (non-hydrogen) atoms. The number of hydrogen-bond acceptors (Lipinski definition) is 1. The minimum Gasteiger partial charge on any atom is -0.323 e. The van der Waals surface area contributed by atoms with Crippen LogP contribution in [0.4, 0.5) is 14.5 Å². The van der Waals surface area contributed by atoms with E-state index in [4.69, 9.17) is 0 Å². The average molecular weight is 275 g/mol. The zero-order valence-corrected chi connectivity index (χ0v) is 11.3. The van der Waals surface area contributed by atoms with E-state index in [1.165, 1.54) is 0 Å². The molecule has 2 nitrogen and oxygen atoms in total. The quantitative estimate of drug-likeness (QED) is 0.907. The lowest BCUT2D eigenvalue weighted by atomic mass is 10.0. The molecule has 0 aromatic heterocycles. The molecule has 0 bridgehead atoms. The Morgan fingerprint density at radius 1 is 1.05 bits per heavy atom. The van der Waals surface area contributed by atoms with Crippen molar-refractivity contribution in [3.8, 4) is 0 Å². The van der Waals surface area contributed by atoms with Gasteiger partial charge in [0.1, 0.15) is 11.6 Å². The molecule has 0 fully saturated rings. The lowest BCUT2D eigenvalue weighted by molar-refractivity contribution is -0.115. The van der Waals surface area contributed by atoms with Crippen LogP contribution in [0.5, 0.6) is 0 Å². The van der Waals surface area contributed by atoms with E-state index in [1.54, 1.807) is 0 Å². The molecule has 0 saturated carbocycles. The van der Waals surface area contributed by atoms with Crippen molar-refractivity contribution in [1.29, 1.82) is 0 Å². The number of carbonyl (C=O) groups is 1.